The molecule has 6 nitrogen and oxygen atoms in total. The maximum Gasteiger partial charge on any atom is 0.279 e. The molecule has 148 valence electrons. The van der Waals surface area contributed by atoms with E-state index in [4.69, 9.17) is 9.47 Å². The van der Waals surface area contributed by atoms with Crippen molar-refractivity contribution in [1.29, 1.82) is 0 Å². The third-order valence-electron chi connectivity index (χ3n) is 4.09. The largest absolute Gasteiger partial charge is 0.488 e. The maximum absolute atomic E-state index is 12.5. The minimum atomic E-state index is -0.776. The molecule has 2 amide bonds. The predicted molar refractivity (Wildman–Crippen MR) is 109 cm³/mol. The zero-order chi connectivity index (χ0) is 20.5. The summed E-state index contributed by atoms with van der Waals surface area (Å²) >= 11 is 0. The van der Waals surface area contributed by atoms with Gasteiger partial charge in [-0.2, -0.15) is 0 Å². The van der Waals surface area contributed by atoms with Crippen LogP contribution in [0, 0.1) is 0 Å². The van der Waals surface area contributed by atoms with E-state index in [2.05, 4.69) is 10.9 Å². The van der Waals surface area contributed by atoms with Crippen LogP contribution >= 0.6 is 0 Å². The summed E-state index contributed by atoms with van der Waals surface area (Å²) in [6.07, 6.45) is -0.776. The van der Waals surface area contributed by atoms with E-state index in [1.54, 1.807) is 43.3 Å². The first-order valence-corrected chi connectivity index (χ1v) is 9.21. The molecule has 29 heavy (non-hydrogen) atoms. The Balaban J connectivity index is 1.55. The quantitative estimate of drug-likeness (QED) is 0.606. The number of hydrogen-bond donors (Lipinski definition) is 2. The van der Waals surface area contributed by atoms with Crippen LogP contribution in [-0.2, 0) is 11.4 Å². The van der Waals surface area contributed by atoms with Gasteiger partial charge in [0.2, 0.25) is 0 Å². The van der Waals surface area contributed by atoms with Crippen LogP contribution in [0.25, 0.3) is 0 Å². The summed E-state index contributed by atoms with van der Waals surface area (Å²) in [5, 5.41) is 0. The van der Waals surface area contributed by atoms with Crippen LogP contribution in [-0.4, -0.2) is 17.9 Å². The Bertz CT molecular complexity index is 945. The van der Waals surface area contributed by atoms with Crippen molar-refractivity contribution in [3.8, 4) is 11.5 Å². The molecule has 0 aliphatic carbocycles. The molecule has 1 atom stereocenters. The zero-order valence-electron chi connectivity index (χ0n) is 16.0. The summed E-state index contributed by atoms with van der Waals surface area (Å²) in [6, 6.07) is 25.5. The standard InChI is InChI=1S/C23H22N2O4/c1-17(29-19-12-6-3-7-13-19)22(26)24-25-23(27)20-14-8-9-15-21(20)28-16-18-10-4-2-5-11-18/h2-15,17H,16H2,1H3,(H,24,26)(H,25,27)/t17-/m0/s1. The maximum atomic E-state index is 12.5. The fraction of sp³-hybridized carbons (Fsp3) is 0.130. The second kappa shape index (κ2) is 9.94. The van der Waals surface area contributed by atoms with Gasteiger partial charge in [0.1, 0.15) is 18.1 Å². The van der Waals surface area contributed by atoms with Gasteiger partial charge in [-0.05, 0) is 36.8 Å². The van der Waals surface area contributed by atoms with Crippen LogP contribution in [0.3, 0.4) is 0 Å². The van der Waals surface area contributed by atoms with Crippen molar-refractivity contribution in [2.75, 3.05) is 0 Å². The van der Waals surface area contributed by atoms with Gasteiger partial charge >= 0.3 is 0 Å². The van der Waals surface area contributed by atoms with Gasteiger partial charge < -0.3 is 9.47 Å². The fourth-order valence-corrected chi connectivity index (χ4v) is 2.56. The SMILES string of the molecule is C[C@H](Oc1ccccc1)C(=O)NNC(=O)c1ccccc1OCc1ccccc1. The van der Waals surface area contributed by atoms with Crippen molar-refractivity contribution in [3.05, 3.63) is 96.1 Å². The topological polar surface area (TPSA) is 76.7 Å². The van der Waals surface area contributed by atoms with Crippen LogP contribution in [0.4, 0.5) is 0 Å². The van der Waals surface area contributed by atoms with E-state index in [0.717, 1.165) is 5.56 Å². The van der Waals surface area contributed by atoms with Gasteiger partial charge in [0, 0.05) is 0 Å². The molecule has 0 spiro atoms. The normalized spacial score (nSPS) is 11.2. The number of hydrazine groups is 1. The number of ether oxygens (including phenoxy) is 2. The molecule has 0 fully saturated rings. The number of benzene rings is 3. The lowest BCUT2D eigenvalue weighted by Crippen LogP contribution is -2.47. The van der Waals surface area contributed by atoms with Gasteiger partial charge in [0.25, 0.3) is 11.8 Å². The first kappa shape index (κ1) is 19.9. The van der Waals surface area contributed by atoms with Crippen molar-refractivity contribution in [2.24, 2.45) is 0 Å². The van der Waals surface area contributed by atoms with E-state index in [9.17, 15) is 9.59 Å². The predicted octanol–water partition coefficient (Wildman–Crippen LogP) is 3.49. The Morgan fingerprint density at radius 1 is 0.828 bits per heavy atom. The third-order valence-corrected chi connectivity index (χ3v) is 4.09. The average molecular weight is 390 g/mol. The lowest BCUT2D eigenvalue weighted by Gasteiger charge is -2.16. The van der Waals surface area contributed by atoms with Gasteiger partial charge in [-0.15, -0.1) is 0 Å². The molecular weight excluding hydrogens is 368 g/mol. The van der Waals surface area contributed by atoms with Crippen LogP contribution < -0.4 is 20.3 Å². The second-order valence-corrected chi connectivity index (χ2v) is 6.29. The molecule has 0 aliphatic heterocycles. The number of carbonyl (C=O) groups excluding carboxylic acids is 2. The Morgan fingerprint density at radius 3 is 2.17 bits per heavy atom. The Labute approximate surface area is 169 Å². The smallest absolute Gasteiger partial charge is 0.279 e. The summed E-state index contributed by atoms with van der Waals surface area (Å²) in [7, 11) is 0. The van der Waals surface area contributed by atoms with Gasteiger partial charge in [-0.1, -0.05) is 60.7 Å². The Kier molecular flexibility index (Phi) is 6.84. The number of nitrogens with one attached hydrogen (secondary N) is 2. The molecule has 0 bridgehead atoms. The van der Waals surface area contributed by atoms with Crippen molar-refractivity contribution in [3.63, 3.8) is 0 Å². The number of carbonyl (C=O) groups is 2. The van der Waals surface area contributed by atoms with Gasteiger partial charge in [-0.3, -0.25) is 20.4 Å². The summed E-state index contributed by atoms with van der Waals surface area (Å²) in [5.41, 5.74) is 6.10. The molecule has 3 aromatic carbocycles. The number of para-hydroxylation sites is 2. The van der Waals surface area contributed by atoms with E-state index in [1.165, 1.54) is 0 Å². The highest BCUT2D eigenvalue weighted by atomic mass is 16.5. The van der Waals surface area contributed by atoms with Crippen LogP contribution in [0.5, 0.6) is 11.5 Å². The second-order valence-electron chi connectivity index (χ2n) is 6.29. The molecule has 0 aliphatic rings. The summed E-state index contributed by atoms with van der Waals surface area (Å²) in [4.78, 5) is 24.7. The number of amides is 2. The van der Waals surface area contributed by atoms with Crippen molar-refractivity contribution < 1.29 is 19.1 Å². The molecule has 0 unspecified atom stereocenters. The molecule has 2 N–H and O–H groups in total. The first-order chi connectivity index (χ1) is 14.1. The molecule has 0 aromatic heterocycles. The monoisotopic (exact) mass is 390 g/mol. The van der Waals surface area contributed by atoms with Gasteiger partial charge in [-0.25, -0.2) is 0 Å². The third kappa shape index (κ3) is 5.84. The average Bonchev–Trinajstić information content (AvgIpc) is 2.77. The molecule has 0 saturated carbocycles. The Morgan fingerprint density at radius 2 is 1.45 bits per heavy atom. The first-order valence-electron chi connectivity index (χ1n) is 9.21. The molecule has 6 heteroatoms. The van der Waals surface area contributed by atoms with E-state index >= 15 is 0 Å². The van der Waals surface area contributed by atoms with Gasteiger partial charge in [0.15, 0.2) is 6.10 Å². The van der Waals surface area contributed by atoms with E-state index in [0.29, 0.717) is 23.7 Å². The summed E-state index contributed by atoms with van der Waals surface area (Å²) in [6.45, 7) is 1.94. The Hall–Kier alpha value is -3.80. The molecule has 0 saturated heterocycles. The summed E-state index contributed by atoms with van der Waals surface area (Å²) < 4.78 is 11.3. The molecule has 0 radical (unpaired) electrons. The lowest BCUT2D eigenvalue weighted by molar-refractivity contribution is -0.128. The number of rotatable bonds is 7. The van der Waals surface area contributed by atoms with Crippen LogP contribution in [0.1, 0.15) is 22.8 Å². The molecule has 3 aromatic rings. The molecule has 0 heterocycles. The van der Waals surface area contributed by atoms with E-state index in [-0.39, 0.29) is 0 Å². The highest BCUT2D eigenvalue weighted by Crippen LogP contribution is 2.19. The lowest BCUT2D eigenvalue weighted by atomic mass is 10.2. The molecular formula is C23H22N2O4. The van der Waals surface area contributed by atoms with E-state index in [1.807, 2.05) is 48.5 Å². The molecule has 3 rings (SSSR count). The van der Waals surface area contributed by atoms with Crippen molar-refractivity contribution >= 4 is 11.8 Å². The minimum absolute atomic E-state index is 0.320. The highest BCUT2D eigenvalue weighted by Gasteiger charge is 2.17. The van der Waals surface area contributed by atoms with Gasteiger partial charge in [0.05, 0.1) is 5.56 Å². The zero-order valence-corrected chi connectivity index (χ0v) is 16.0. The highest BCUT2D eigenvalue weighted by molar-refractivity contribution is 5.98. The van der Waals surface area contributed by atoms with E-state index < -0.39 is 17.9 Å². The number of hydrogen-bond acceptors (Lipinski definition) is 4. The minimum Gasteiger partial charge on any atom is -0.488 e. The summed E-state index contributed by atoms with van der Waals surface area (Å²) in [5.74, 6) is 0.0524. The van der Waals surface area contributed by atoms with Crippen molar-refractivity contribution in [1.82, 2.24) is 10.9 Å². The van der Waals surface area contributed by atoms with Crippen LogP contribution in [0.15, 0.2) is 84.9 Å². The van der Waals surface area contributed by atoms with Crippen molar-refractivity contribution in [2.45, 2.75) is 19.6 Å². The van der Waals surface area contributed by atoms with Crippen LogP contribution in [0.2, 0.25) is 0 Å². The fourth-order valence-electron chi connectivity index (χ4n) is 2.56.